The van der Waals surface area contributed by atoms with E-state index in [-0.39, 0.29) is 0 Å². The number of rotatable bonds is 4. The summed E-state index contributed by atoms with van der Waals surface area (Å²) in [7, 11) is 0. The molecule has 2 heteroatoms. The Balaban J connectivity index is 1.26. The Bertz CT molecular complexity index is 2980. The molecule has 7 aromatic carbocycles. The van der Waals surface area contributed by atoms with Crippen LogP contribution in [0.25, 0.3) is 89.2 Å². The lowest BCUT2D eigenvalue weighted by Crippen LogP contribution is -2.25. The van der Waals surface area contributed by atoms with Gasteiger partial charge in [0.25, 0.3) is 0 Å². The topological polar surface area (TPSA) is 26.0 Å². The number of hydrogen-bond donors (Lipinski definition) is 0. The van der Waals surface area contributed by atoms with E-state index in [4.69, 9.17) is 4.42 Å². The van der Waals surface area contributed by atoms with E-state index in [1.165, 1.54) is 82.7 Å². The number of benzene rings is 7. The van der Waals surface area contributed by atoms with Crippen molar-refractivity contribution in [3.05, 3.63) is 198 Å². The Morgan fingerprint density at radius 3 is 1.75 bits per heavy atom. The van der Waals surface area contributed by atoms with Crippen LogP contribution in [0.15, 0.2) is 169 Å². The van der Waals surface area contributed by atoms with Crippen molar-refractivity contribution in [3.8, 4) is 44.5 Å². The molecule has 9 aromatic rings. The van der Waals surface area contributed by atoms with Gasteiger partial charge in [-0.05, 0) is 120 Å². The van der Waals surface area contributed by atoms with Crippen LogP contribution in [0.1, 0.15) is 40.5 Å². The maximum absolute atomic E-state index is 6.46. The lowest BCUT2D eigenvalue weighted by Gasteiger charge is -2.31. The molecule has 0 amide bonds. The highest BCUT2D eigenvalue weighted by molar-refractivity contribution is 6.21. The van der Waals surface area contributed by atoms with Crippen molar-refractivity contribution in [2.24, 2.45) is 0 Å². The lowest BCUT2D eigenvalue weighted by atomic mass is 9.70. The van der Waals surface area contributed by atoms with Gasteiger partial charge in [0, 0.05) is 28.9 Å². The molecule has 1 unspecified atom stereocenters. The minimum Gasteiger partial charge on any atom is -0.456 e. The van der Waals surface area contributed by atoms with E-state index in [0.717, 1.165) is 27.9 Å². The average molecular weight is 676 g/mol. The van der Waals surface area contributed by atoms with Gasteiger partial charge in [0.2, 0.25) is 0 Å². The zero-order valence-corrected chi connectivity index (χ0v) is 29.2. The number of pyridine rings is 1. The van der Waals surface area contributed by atoms with Crippen molar-refractivity contribution in [1.82, 2.24) is 4.98 Å². The molecule has 2 aliphatic carbocycles. The number of hydrogen-bond acceptors (Lipinski definition) is 2. The number of aromatic nitrogens is 1. The molecule has 2 aliphatic rings. The fourth-order valence-electron chi connectivity index (χ4n) is 9.67. The van der Waals surface area contributed by atoms with Gasteiger partial charge in [0.05, 0.1) is 5.41 Å². The molecule has 11 rings (SSSR count). The number of furan rings is 1. The highest BCUT2D eigenvalue weighted by Gasteiger charge is 2.52. The standard InChI is InChI=1S/C51H33NO/c1-3-14-36-42-28-46-41(29-48(42)53-47(36)4-2)34-17-10-12-23-44(34)51(46)43-22-11-9-16-33(43)35-25-24-31(27-45(35)51)49-37-18-5-7-20-39(37)50(32-15-13-26-52-30-32)40-21-8-6-19-38(40)49/h3-30H,2H2,1H3/b14-3-. The second kappa shape index (κ2) is 11.1. The van der Waals surface area contributed by atoms with Crippen LogP contribution in [0.2, 0.25) is 0 Å². The fourth-order valence-corrected chi connectivity index (χ4v) is 9.67. The van der Waals surface area contributed by atoms with Gasteiger partial charge in [-0.1, -0.05) is 134 Å². The third-order valence-electron chi connectivity index (χ3n) is 11.7. The molecule has 2 aromatic heterocycles. The fraction of sp³-hybridized carbons (Fsp3) is 0.0392. The van der Waals surface area contributed by atoms with E-state index < -0.39 is 5.41 Å². The van der Waals surface area contributed by atoms with Gasteiger partial charge in [-0.25, -0.2) is 0 Å². The van der Waals surface area contributed by atoms with Crippen molar-refractivity contribution in [1.29, 1.82) is 0 Å². The quantitative estimate of drug-likeness (QED) is 0.174. The molecule has 1 atom stereocenters. The SMILES string of the molecule is C=Cc1oc2cc3c(cc2c1/C=C\C)C1(c2ccccc2-c2ccc(-c4c5ccccc5c(-c5cccnc5)c5ccccc45)cc21)c1ccccc1-3. The smallest absolute Gasteiger partial charge is 0.136 e. The summed E-state index contributed by atoms with van der Waals surface area (Å²) < 4.78 is 6.46. The molecule has 1 spiro atoms. The second-order valence-electron chi connectivity index (χ2n) is 14.2. The summed E-state index contributed by atoms with van der Waals surface area (Å²) in [5.74, 6) is 0.798. The monoisotopic (exact) mass is 675 g/mol. The number of allylic oxidation sites excluding steroid dienone is 1. The molecule has 0 radical (unpaired) electrons. The number of fused-ring (bicyclic) bond motifs is 13. The van der Waals surface area contributed by atoms with Crippen LogP contribution < -0.4 is 0 Å². The van der Waals surface area contributed by atoms with Gasteiger partial charge in [-0.3, -0.25) is 4.98 Å². The summed E-state index contributed by atoms with van der Waals surface area (Å²) in [4.78, 5) is 4.52. The summed E-state index contributed by atoms with van der Waals surface area (Å²) >= 11 is 0. The largest absolute Gasteiger partial charge is 0.456 e. The van der Waals surface area contributed by atoms with Gasteiger partial charge in [0.15, 0.2) is 0 Å². The average Bonchev–Trinajstić information content (AvgIpc) is 3.82. The molecule has 0 saturated heterocycles. The van der Waals surface area contributed by atoms with Gasteiger partial charge >= 0.3 is 0 Å². The maximum atomic E-state index is 6.46. The van der Waals surface area contributed by atoms with Crippen LogP contribution in [0.3, 0.4) is 0 Å². The van der Waals surface area contributed by atoms with Gasteiger partial charge in [-0.15, -0.1) is 0 Å². The van der Waals surface area contributed by atoms with Crippen molar-refractivity contribution in [3.63, 3.8) is 0 Å². The van der Waals surface area contributed by atoms with Crippen LogP contribution in [0.5, 0.6) is 0 Å². The van der Waals surface area contributed by atoms with E-state index in [9.17, 15) is 0 Å². The molecule has 248 valence electrons. The van der Waals surface area contributed by atoms with Crippen molar-refractivity contribution in [2.75, 3.05) is 0 Å². The Morgan fingerprint density at radius 2 is 1.13 bits per heavy atom. The summed E-state index contributed by atoms with van der Waals surface area (Å²) in [6, 6.07) is 51.8. The third kappa shape index (κ3) is 3.90. The summed E-state index contributed by atoms with van der Waals surface area (Å²) in [5, 5.41) is 6.01. The first-order valence-corrected chi connectivity index (χ1v) is 18.3. The molecule has 0 aliphatic heterocycles. The van der Waals surface area contributed by atoms with Crippen LogP contribution in [-0.4, -0.2) is 4.98 Å². The zero-order valence-electron chi connectivity index (χ0n) is 29.2. The van der Waals surface area contributed by atoms with Crippen molar-refractivity contribution in [2.45, 2.75) is 12.3 Å². The summed E-state index contributed by atoms with van der Waals surface area (Å²) in [5.41, 5.74) is 16.5. The highest BCUT2D eigenvalue weighted by atomic mass is 16.3. The van der Waals surface area contributed by atoms with Crippen LogP contribution in [0.4, 0.5) is 0 Å². The normalized spacial score (nSPS) is 15.3. The minimum atomic E-state index is -0.512. The van der Waals surface area contributed by atoms with E-state index in [1.54, 1.807) is 0 Å². The third-order valence-corrected chi connectivity index (χ3v) is 11.7. The highest BCUT2D eigenvalue weighted by Crippen LogP contribution is 2.64. The Morgan fingerprint density at radius 1 is 0.547 bits per heavy atom. The van der Waals surface area contributed by atoms with Gasteiger partial charge in [-0.2, -0.15) is 0 Å². The molecule has 2 heterocycles. The Labute approximate surface area is 308 Å². The molecule has 2 nitrogen and oxygen atoms in total. The molecule has 0 N–H and O–H groups in total. The van der Waals surface area contributed by atoms with Crippen LogP contribution >= 0.6 is 0 Å². The minimum absolute atomic E-state index is 0.512. The van der Waals surface area contributed by atoms with Crippen LogP contribution in [0, 0.1) is 0 Å². The first-order chi connectivity index (χ1) is 26.2. The molecular formula is C51H33NO. The molecule has 0 bridgehead atoms. The van der Waals surface area contributed by atoms with E-state index in [0.29, 0.717) is 0 Å². The van der Waals surface area contributed by atoms with Crippen molar-refractivity contribution < 1.29 is 4.42 Å². The van der Waals surface area contributed by atoms with Crippen LogP contribution in [-0.2, 0) is 5.41 Å². The molecule has 0 saturated carbocycles. The second-order valence-corrected chi connectivity index (χ2v) is 14.2. The first-order valence-electron chi connectivity index (χ1n) is 18.3. The Kier molecular flexibility index (Phi) is 6.27. The van der Waals surface area contributed by atoms with E-state index in [1.807, 2.05) is 24.5 Å². The zero-order chi connectivity index (χ0) is 35.3. The number of nitrogens with zero attached hydrogens (tertiary/aromatic N) is 1. The molecular weight excluding hydrogens is 643 g/mol. The lowest BCUT2D eigenvalue weighted by molar-refractivity contribution is 0.603. The van der Waals surface area contributed by atoms with E-state index >= 15 is 0 Å². The van der Waals surface area contributed by atoms with Gasteiger partial charge in [0.1, 0.15) is 11.3 Å². The predicted molar refractivity (Wildman–Crippen MR) is 221 cm³/mol. The van der Waals surface area contributed by atoms with E-state index in [2.05, 4.69) is 164 Å². The predicted octanol–water partition coefficient (Wildman–Crippen LogP) is 13.5. The van der Waals surface area contributed by atoms with Crippen molar-refractivity contribution >= 4 is 44.7 Å². The molecule has 0 fully saturated rings. The summed E-state index contributed by atoms with van der Waals surface area (Å²) in [6.07, 6.45) is 9.87. The first kappa shape index (κ1) is 29.9. The maximum Gasteiger partial charge on any atom is 0.136 e. The summed E-state index contributed by atoms with van der Waals surface area (Å²) in [6.45, 7) is 6.14. The molecule has 53 heavy (non-hydrogen) atoms. The van der Waals surface area contributed by atoms with Gasteiger partial charge < -0.3 is 4.42 Å². The Hall–Kier alpha value is -6.77.